The van der Waals surface area contributed by atoms with E-state index in [1.807, 2.05) is 30.5 Å². The zero-order valence-electron chi connectivity index (χ0n) is 13.8. The van der Waals surface area contributed by atoms with Crippen LogP contribution in [0, 0.1) is 0 Å². The number of nitrogens with zero attached hydrogens (tertiary/aromatic N) is 2. The molecule has 0 saturated carbocycles. The van der Waals surface area contributed by atoms with Crippen molar-refractivity contribution >= 4 is 34.1 Å². The third-order valence-corrected chi connectivity index (χ3v) is 4.59. The molecule has 1 aliphatic rings. The summed E-state index contributed by atoms with van der Waals surface area (Å²) in [4.78, 5) is 4.71. The zero-order chi connectivity index (χ0) is 16.6. The van der Waals surface area contributed by atoms with E-state index in [9.17, 15) is 0 Å². The van der Waals surface area contributed by atoms with Gasteiger partial charge in [0, 0.05) is 5.41 Å². The van der Waals surface area contributed by atoms with E-state index in [0.29, 0.717) is 0 Å². The number of hydrogen-bond donors (Lipinski definition) is 1. The zero-order valence-corrected chi connectivity index (χ0v) is 13.8. The quantitative estimate of drug-likeness (QED) is 0.517. The van der Waals surface area contributed by atoms with E-state index in [1.165, 1.54) is 16.3 Å². The van der Waals surface area contributed by atoms with Gasteiger partial charge in [-0.05, 0) is 34.5 Å². The fraction of sp³-hybridized carbons (Fsp3) is 0.143. The maximum absolute atomic E-state index is 4.71. The van der Waals surface area contributed by atoms with Gasteiger partial charge < -0.3 is 0 Å². The molecule has 4 rings (SSSR count). The highest BCUT2D eigenvalue weighted by molar-refractivity contribution is 6.36. The van der Waals surface area contributed by atoms with Crippen LogP contribution in [0.1, 0.15) is 19.4 Å². The predicted octanol–water partition coefficient (Wildman–Crippen LogP) is 5.30. The molecule has 3 heteroatoms. The first-order valence-corrected chi connectivity index (χ1v) is 8.11. The Kier molecular flexibility index (Phi) is 3.42. The number of rotatable bonds is 3. The van der Waals surface area contributed by atoms with E-state index < -0.39 is 0 Å². The standard InChI is InChI=1S/C21H19N3/c1-21(2)18-9-5-6-10-19(18)23-20(21)14-22-24-17-12-11-15-7-3-4-8-16(15)13-17/h3-14,24H,1-2H3/b22-14+. The van der Waals surface area contributed by atoms with Crippen molar-refractivity contribution < 1.29 is 0 Å². The molecule has 24 heavy (non-hydrogen) atoms. The average Bonchev–Trinajstić information content (AvgIpc) is 2.86. The van der Waals surface area contributed by atoms with E-state index in [1.54, 1.807) is 0 Å². The van der Waals surface area contributed by atoms with Gasteiger partial charge in [0.1, 0.15) is 0 Å². The highest BCUT2D eigenvalue weighted by Crippen LogP contribution is 2.38. The second-order valence-electron chi connectivity index (χ2n) is 6.57. The molecule has 0 aliphatic carbocycles. The fourth-order valence-corrected chi connectivity index (χ4v) is 3.12. The van der Waals surface area contributed by atoms with Crippen molar-refractivity contribution in [3.8, 4) is 0 Å². The molecule has 0 fully saturated rings. The molecule has 1 aliphatic heterocycles. The Morgan fingerprint density at radius 1 is 0.917 bits per heavy atom. The first-order valence-electron chi connectivity index (χ1n) is 8.11. The first kappa shape index (κ1) is 14.6. The lowest BCUT2D eigenvalue weighted by Gasteiger charge is -2.19. The van der Waals surface area contributed by atoms with Gasteiger partial charge in [-0.15, -0.1) is 0 Å². The normalized spacial score (nSPS) is 15.5. The van der Waals surface area contributed by atoms with Gasteiger partial charge in [-0.25, -0.2) is 0 Å². The highest BCUT2D eigenvalue weighted by atomic mass is 15.3. The lowest BCUT2D eigenvalue weighted by Crippen LogP contribution is -2.26. The van der Waals surface area contributed by atoms with Crippen LogP contribution in [-0.4, -0.2) is 11.9 Å². The second kappa shape index (κ2) is 5.60. The van der Waals surface area contributed by atoms with E-state index >= 15 is 0 Å². The van der Waals surface area contributed by atoms with E-state index in [2.05, 4.69) is 66.8 Å². The number of anilines is 1. The van der Waals surface area contributed by atoms with Crippen LogP contribution in [-0.2, 0) is 5.41 Å². The number of fused-ring (bicyclic) bond motifs is 2. The molecule has 0 radical (unpaired) electrons. The minimum absolute atomic E-state index is 0.120. The molecular weight excluding hydrogens is 294 g/mol. The maximum Gasteiger partial charge on any atom is 0.0712 e. The summed E-state index contributed by atoms with van der Waals surface area (Å²) in [7, 11) is 0. The SMILES string of the molecule is CC1(C)C(/C=N/Nc2ccc3ccccc3c2)=Nc2ccccc21. The van der Waals surface area contributed by atoms with Crippen LogP contribution >= 0.6 is 0 Å². The van der Waals surface area contributed by atoms with Crippen molar-refractivity contribution in [1.29, 1.82) is 0 Å². The molecule has 0 unspecified atom stereocenters. The van der Waals surface area contributed by atoms with Crippen molar-refractivity contribution in [2.75, 3.05) is 5.43 Å². The van der Waals surface area contributed by atoms with Gasteiger partial charge in [0.15, 0.2) is 0 Å². The van der Waals surface area contributed by atoms with E-state index in [-0.39, 0.29) is 5.41 Å². The van der Waals surface area contributed by atoms with Gasteiger partial charge in [0.25, 0.3) is 0 Å². The number of aliphatic imine (C=N–C) groups is 1. The molecule has 0 bridgehead atoms. The molecule has 0 atom stereocenters. The summed E-state index contributed by atoms with van der Waals surface area (Å²) in [5.74, 6) is 0. The van der Waals surface area contributed by atoms with Crippen molar-refractivity contribution in [2.24, 2.45) is 10.1 Å². The van der Waals surface area contributed by atoms with Crippen LogP contribution < -0.4 is 5.43 Å². The molecule has 3 aromatic carbocycles. The second-order valence-corrected chi connectivity index (χ2v) is 6.57. The molecular formula is C21H19N3. The third kappa shape index (κ3) is 2.48. The van der Waals surface area contributed by atoms with Crippen LogP contribution in [0.4, 0.5) is 11.4 Å². The molecule has 0 saturated heterocycles. The Bertz CT molecular complexity index is 967. The maximum atomic E-state index is 4.71. The van der Waals surface area contributed by atoms with Crippen molar-refractivity contribution in [2.45, 2.75) is 19.3 Å². The summed E-state index contributed by atoms with van der Waals surface area (Å²) in [6.45, 7) is 4.36. The monoisotopic (exact) mass is 313 g/mol. The Morgan fingerprint density at radius 3 is 2.50 bits per heavy atom. The highest BCUT2D eigenvalue weighted by Gasteiger charge is 2.33. The summed E-state index contributed by atoms with van der Waals surface area (Å²) in [6, 6.07) is 22.8. The lowest BCUT2D eigenvalue weighted by atomic mass is 9.82. The van der Waals surface area contributed by atoms with Crippen LogP contribution in [0.3, 0.4) is 0 Å². The largest absolute Gasteiger partial charge is 0.278 e. The summed E-state index contributed by atoms with van der Waals surface area (Å²) in [6.07, 6.45) is 1.83. The Balaban J connectivity index is 1.55. The van der Waals surface area contributed by atoms with Crippen LogP contribution in [0.5, 0.6) is 0 Å². The lowest BCUT2D eigenvalue weighted by molar-refractivity contribution is 0.744. The third-order valence-electron chi connectivity index (χ3n) is 4.59. The van der Waals surface area contributed by atoms with E-state index in [4.69, 9.17) is 4.99 Å². The van der Waals surface area contributed by atoms with Crippen molar-refractivity contribution in [3.63, 3.8) is 0 Å². The number of para-hydroxylation sites is 1. The average molecular weight is 313 g/mol. The molecule has 1 N–H and O–H groups in total. The number of benzene rings is 3. The molecule has 118 valence electrons. The summed E-state index contributed by atoms with van der Waals surface area (Å²) in [5, 5.41) is 6.83. The van der Waals surface area contributed by atoms with E-state index in [0.717, 1.165) is 17.1 Å². The van der Waals surface area contributed by atoms with Gasteiger partial charge in [-0.1, -0.05) is 62.4 Å². The Morgan fingerprint density at radius 2 is 1.67 bits per heavy atom. The summed E-state index contributed by atoms with van der Waals surface area (Å²) < 4.78 is 0. The summed E-state index contributed by atoms with van der Waals surface area (Å²) in [5.41, 5.74) is 7.22. The molecule has 0 spiro atoms. The molecule has 3 nitrogen and oxygen atoms in total. The van der Waals surface area contributed by atoms with Gasteiger partial charge in [0.2, 0.25) is 0 Å². The summed E-state index contributed by atoms with van der Waals surface area (Å²) >= 11 is 0. The van der Waals surface area contributed by atoms with Gasteiger partial charge in [-0.3, -0.25) is 10.4 Å². The van der Waals surface area contributed by atoms with Crippen LogP contribution in [0.25, 0.3) is 10.8 Å². The van der Waals surface area contributed by atoms with Crippen LogP contribution in [0.2, 0.25) is 0 Å². The van der Waals surface area contributed by atoms with Gasteiger partial charge in [0.05, 0.1) is 23.3 Å². The fourth-order valence-electron chi connectivity index (χ4n) is 3.12. The van der Waals surface area contributed by atoms with Crippen molar-refractivity contribution in [1.82, 2.24) is 0 Å². The Hall–Kier alpha value is -2.94. The number of hydrogen-bond acceptors (Lipinski definition) is 3. The smallest absolute Gasteiger partial charge is 0.0712 e. The van der Waals surface area contributed by atoms with Crippen molar-refractivity contribution in [3.05, 3.63) is 72.3 Å². The number of hydrazone groups is 1. The minimum atomic E-state index is -0.120. The van der Waals surface area contributed by atoms with Crippen LogP contribution in [0.15, 0.2) is 76.8 Å². The molecule has 0 amide bonds. The predicted molar refractivity (Wildman–Crippen MR) is 103 cm³/mol. The molecule has 1 heterocycles. The molecule has 0 aromatic heterocycles. The minimum Gasteiger partial charge on any atom is -0.278 e. The van der Waals surface area contributed by atoms with Gasteiger partial charge >= 0.3 is 0 Å². The topological polar surface area (TPSA) is 36.8 Å². The number of nitrogens with one attached hydrogen (secondary N) is 1. The Labute approximate surface area is 141 Å². The first-order chi connectivity index (χ1) is 11.6. The van der Waals surface area contributed by atoms with Gasteiger partial charge in [-0.2, -0.15) is 5.10 Å². The molecule has 3 aromatic rings.